The molecule has 3 heterocycles. The van der Waals surface area contributed by atoms with Gasteiger partial charge in [-0.05, 0) is 83.9 Å². The Morgan fingerprint density at radius 3 is 2.68 bits per heavy atom. The van der Waals surface area contributed by atoms with Crippen molar-refractivity contribution in [3.05, 3.63) is 47.0 Å². The molecule has 6 nitrogen and oxygen atoms in total. The summed E-state index contributed by atoms with van der Waals surface area (Å²) in [6, 6.07) is 5.57. The molecular weight excluding hydrogens is 448 g/mol. The maximum Gasteiger partial charge on any atom is 0.231 e. The fourth-order valence-electron chi connectivity index (χ4n) is 5.09. The van der Waals surface area contributed by atoms with Crippen molar-refractivity contribution in [3.8, 4) is 17.2 Å². The molecule has 2 saturated heterocycles. The summed E-state index contributed by atoms with van der Waals surface area (Å²) in [6.07, 6.45) is 7.57. The van der Waals surface area contributed by atoms with E-state index in [2.05, 4.69) is 21.7 Å². The van der Waals surface area contributed by atoms with E-state index >= 15 is 0 Å². The second-order valence-electron chi connectivity index (χ2n) is 9.60. The molecule has 0 bridgehead atoms. The van der Waals surface area contributed by atoms with E-state index in [1.54, 1.807) is 7.11 Å². The van der Waals surface area contributed by atoms with E-state index in [4.69, 9.17) is 25.7 Å². The number of nitrogens with one attached hydrogen (secondary N) is 1. The van der Waals surface area contributed by atoms with Crippen molar-refractivity contribution in [1.82, 2.24) is 20.1 Å². The first kappa shape index (κ1) is 25.1. The van der Waals surface area contributed by atoms with Crippen LogP contribution in [0.25, 0.3) is 11.5 Å². The van der Waals surface area contributed by atoms with Crippen LogP contribution in [0.15, 0.2) is 34.9 Å². The van der Waals surface area contributed by atoms with Crippen LogP contribution in [0.2, 0.25) is 5.02 Å². The minimum absolute atomic E-state index is 0.520. The average Bonchev–Trinajstić information content (AvgIpc) is 3.21. The van der Waals surface area contributed by atoms with E-state index in [0.29, 0.717) is 28.1 Å². The van der Waals surface area contributed by atoms with Crippen molar-refractivity contribution >= 4 is 11.6 Å². The zero-order chi connectivity index (χ0) is 23.9. The molecule has 0 spiro atoms. The summed E-state index contributed by atoms with van der Waals surface area (Å²) in [5, 5.41) is 4.19. The van der Waals surface area contributed by atoms with Crippen molar-refractivity contribution in [1.29, 1.82) is 0 Å². The maximum atomic E-state index is 6.42. The lowest BCUT2D eigenvalue weighted by atomic mass is 9.94. The number of halogens is 1. The van der Waals surface area contributed by atoms with Crippen LogP contribution in [0.1, 0.15) is 50.0 Å². The van der Waals surface area contributed by atoms with Gasteiger partial charge in [-0.15, -0.1) is 0 Å². The lowest BCUT2D eigenvalue weighted by molar-refractivity contribution is 0.185. The van der Waals surface area contributed by atoms with Crippen LogP contribution in [0, 0.1) is 12.8 Å². The van der Waals surface area contributed by atoms with Crippen molar-refractivity contribution in [3.63, 3.8) is 0 Å². The number of allylic oxidation sites excluding steroid dienone is 1. The van der Waals surface area contributed by atoms with Gasteiger partial charge in [0.05, 0.1) is 23.4 Å². The minimum atomic E-state index is 0.520. The Kier molecular flexibility index (Phi) is 8.92. The van der Waals surface area contributed by atoms with Crippen LogP contribution in [0.5, 0.6) is 5.75 Å². The molecule has 0 radical (unpaired) electrons. The van der Waals surface area contributed by atoms with Gasteiger partial charge < -0.3 is 19.4 Å². The number of aromatic nitrogens is 1. The second kappa shape index (κ2) is 12.1. The fourth-order valence-corrected chi connectivity index (χ4v) is 5.34. The summed E-state index contributed by atoms with van der Waals surface area (Å²) in [7, 11) is 1.63. The zero-order valence-electron chi connectivity index (χ0n) is 20.7. The van der Waals surface area contributed by atoms with Crippen LogP contribution < -0.4 is 10.1 Å². The Morgan fingerprint density at radius 2 is 1.94 bits per heavy atom. The van der Waals surface area contributed by atoms with Gasteiger partial charge in [-0.3, -0.25) is 4.90 Å². The number of benzene rings is 1. The largest absolute Gasteiger partial charge is 0.496 e. The smallest absolute Gasteiger partial charge is 0.231 e. The highest BCUT2D eigenvalue weighted by molar-refractivity contribution is 6.33. The first-order valence-corrected chi connectivity index (χ1v) is 13.1. The molecule has 34 heavy (non-hydrogen) atoms. The van der Waals surface area contributed by atoms with Crippen molar-refractivity contribution in [2.75, 3.05) is 46.4 Å². The Morgan fingerprint density at radius 1 is 1.18 bits per heavy atom. The standard InChI is InChI=1S/C27H39ClN4O2/c1-20(29-13-8-16-31-14-5-4-6-15-31)22-11-17-32(18-12-22)19-24-21(2)34-27(30-24)26-23(28)9-7-10-25(26)33-3/h7,9-10,22,29H,1,4-6,8,11-19H2,2-3H3. The number of aryl methyl sites for hydroxylation is 1. The number of piperidine rings is 2. The molecule has 1 aromatic carbocycles. The number of ether oxygens (including phenoxy) is 1. The van der Waals surface area contributed by atoms with Crippen molar-refractivity contribution in [2.45, 2.75) is 52.0 Å². The lowest BCUT2D eigenvalue weighted by Gasteiger charge is -2.33. The quantitative estimate of drug-likeness (QED) is 0.447. The molecule has 2 aliphatic rings. The monoisotopic (exact) mass is 486 g/mol. The highest BCUT2D eigenvalue weighted by Crippen LogP contribution is 2.37. The van der Waals surface area contributed by atoms with Gasteiger partial charge in [0.1, 0.15) is 11.5 Å². The van der Waals surface area contributed by atoms with Crippen LogP contribution in [-0.4, -0.2) is 61.2 Å². The molecule has 0 aliphatic carbocycles. The number of hydrogen-bond donors (Lipinski definition) is 1. The highest BCUT2D eigenvalue weighted by Gasteiger charge is 2.24. The van der Waals surface area contributed by atoms with Gasteiger partial charge in [-0.1, -0.05) is 30.7 Å². The third-order valence-corrected chi connectivity index (χ3v) is 7.52. The van der Waals surface area contributed by atoms with Crippen LogP contribution in [0.4, 0.5) is 0 Å². The summed E-state index contributed by atoms with van der Waals surface area (Å²) in [6.45, 7) is 14.0. The number of nitrogens with zero attached hydrogens (tertiary/aromatic N) is 3. The number of likely N-dealkylation sites (tertiary alicyclic amines) is 2. The molecule has 4 rings (SSSR count). The third kappa shape index (κ3) is 6.35. The predicted octanol–water partition coefficient (Wildman–Crippen LogP) is 5.50. The fraction of sp³-hybridized carbons (Fsp3) is 0.593. The van der Waals surface area contributed by atoms with E-state index in [-0.39, 0.29) is 0 Å². The number of hydrogen-bond acceptors (Lipinski definition) is 6. The molecule has 1 aromatic heterocycles. The van der Waals surface area contributed by atoms with Gasteiger partial charge in [-0.25, -0.2) is 4.98 Å². The van der Waals surface area contributed by atoms with Crippen LogP contribution in [0.3, 0.4) is 0 Å². The summed E-state index contributed by atoms with van der Waals surface area (Å²) in [5.41, 5.74) is 2.89. The topological polar surface area (TPSA) is 53.8 Å². The third-order valence-electron chi connectivity index (χ3n) is 7.21. The molecule has 1 N–H and O–H groups in total. The van der Waals surface area contributed by atoms with Gasteiger partial charge in [0.25, 0.3) is 0 Å². The van der Waals surface area contributed by atoms with Gasteiger partial charge >= 0.3 is 0 Å². The first-order valence-electron chi connectivity index (χ1n) is 12.7. The van der Waals surface area contributed by atoms with Crippen LogP contribution in [-0.2, 0) is 6.54 Å². The molecule has 2 aliphatic heterocycles. The molecule has 2 fully saturated rings. The van der Waals surface area contributed by atoms with Crippen molar-refractivity contribution < 1.29 is 9.15 Å². The molecular formula is C27H39ClN4O2. The maximum absolute atomic E-state index is 6.42. The van der Waals surface area contributed by atoms with Gasteiger partial charge in [0.2, 0.25) is 5.89 Å². The van der Waals surface area contributed by atoms with E-state index < -0.39 is 0 Å². The Balaban J connectivity index is 1.23. The Labute approximate surface area is 209 Å². The number of rotatable bonds is 10. The summed E-state index contributed by atoms with van der Waals surface area (Å²) in [4.78, 5) is 9.84. The number of oxazole rings is 1. The zero-order valence-corrected chi connectivity index (χ0v) is 21.5. The molecule has 0 atom stereocenters. The molecule has 7 heteroatoms. The van der Waals surface area contributed by atoms with Crippen LogP contribution >= 0.6 is 11.6 Å². The predicted molar refractivity (Wildman–Crippen MR) is 138 cm³/mol. The molecule has 0 unspecified atom stereocenters. The highest BCUT2D eigenvalue weighted by atomic mass is 35.5. The first-order chi connectivity index (χ1) is 16.5. The summed E-state index contributed by atoms with van der Waals surface area (Å²) in [5.74, 6) is 2.57. The molecule has 0 saturated carbocycles. The minimum Gasteiger partial charge on any atom is -0.496 e. The van der Waals surface area contributed by atoms with E-state index in [1.165, 1.54) is 51.0 Å². The summed E-state index contributed by atoms with van der Waals surface area (Å²) < 4.78 is 11.5. The normalized spacial score (nSPS) is 18.2. The molecule has 0 amide bonds. The average molecular weight is 487 g/mol. The second-order valence-corrected chi connectivity index (χ2v) is 10.0. The van der Waals surface area contributed by atoms with Gasteiger partial charge in [0.15, 0.2) is 0 Å². The van der Waals surface area contributed by atoms with E-state index in [1.807, 2.05) is 25.1 Å². The molecule has 186 valence electrons. The van der Waals surface area contributed by atoms with E-state index in [0.717, 1.165) is 50.5 Å². The SMILES string of the molecule is C=C(NCCCN1CCCCC1)C1CCN(Cc2nc(-c3c(Cl)cccc3OC)oc2C)CC1. The van der Waals surface area contributed by atoms with Crippen molar-refractivity contribution in [2.24, 2.45) is 5.92 Å². The lowest BCUT2D eigenvalue weighted by Crippen LogP contribution is -2.36. The van der Waals surface area contributed by atoms with E-state index in [9.17, 15) is 0 Å². The van der Waals surface area contributed by atoms with Gasteiger partial charge in [-0.2, -0.15) is 0 Å². The molecule has 2 aromatic rings. The Hall–Kier alpha value is -2.02. The Bertz CT molecular complexity index is 946. The number of methoxy groups -OCH3 is 1. The van der Waals surface area contributed by atoms with Gasteiger partial charge in [0, 0.05) is 24.7 Å². The summed E-state index contributed by atoms with van der Waals surface area (Å²) >= 11 is 6.42.